The van der Waals surface area contributed by atoms with Gasteiger partial charge in [-0.2, -0.15) is 0 Å². The van der Waals surface area contributed by atoms with E-state index in [1.54, 1.807) is 20.3 Å². The van der Waals surface area contributed by atoms with Crippen LogP contribution in [0.2, 0.25) is 0 Å². The Balaban J connectivity index is 1.72. The number of aryl methyl sites for hydroxylation is 2. The van der Waals surface area contributed by atoms with Crippen LogP contribution in [0.1, 0.15) is 16.7 Å². The second-order valence-electron chi connectivity index (χ2n) is 6.26. The van der Waals surface area contributed by atoms with Gasteiger partial charge in [0.1, 0.15) is 11.5 Å². The monoisotopic (exact) mass is 382 g/mol. The van der Waals surface area contributed by atoms with Crippen molar-refractivity contribution in [2.45, 2.75) is 20.3 Å². The zero-order chi connectivity index (χ0) is 19.4. The predicted molar refractivity (Wildman–Crippen MR) is 109 cm³/mol. The van der Waals surface area contributed by atoms with Gasteiger partial charge >= 0.3 is 0 Å². The van der Waals surface area contributed by atoms with Crippen LogP contribution in [0.4, 0.5) is 5.13 Å². The fourth-order valence-corrected chi connectivity index (χ4v) is 3.53. The van der Waals surface area contributed by atoms with E-state index in [1.165, 1.54) is 16.9 Å². The molecular weight excluding hydrogens is 360 g/mol. The molecule has 0 saturated heterocycles. The molecule has 0 aliphatic rings. The zero-order valence-corrected chi connectivity index (χ0v) is 16.6. The van der Waals surface area contributed by atoms with E-state index in [-0.39, 0.29) is 12.3 Å². The molecule has 0 radical (unpaired) electrons. The van der Waals surface area contributed by atoms with Gasteiger partial charge in [-0.1, -0.05) is 23.8 Å². The van der Waals surface area contributed by atoms with Crippen molar-refractivity contribution in [2.24, 2.45) is 0 Å². The normalized spacial score (nSPS) is 10.5. The maximum absolute atomic E-state index is 12.4. The Bertz CT molecular complexity index is 966. The van der Waals surface area contributed by atoms with Crippen molar-refractivity contribution in [3.05, 3.63) is 58.5 Å². The number of aromatic nitrogens is 1. The number of methoxy groups -OCH3 is 2. The number of carbonyl (C=O) groups is 1. The van der Waals surface area contributed by atoms with E-state index in [0.29, 0.717) is 16.6 Å². The number of thiazole rings is 1. The molecular formula is C21H22N2O3S. The highest BCUT2D eigenvalue weighted by molar-refractivity contribution is 7.14. The fourth-order valence-electron chi connectivity index (χ4n) is 2.80. The molecule has 0 fully saturated rings. The molecule has 1 heterocycles. The third-order valence-corrected chi connectivity index (χ3v) is 5.02. The molecule has 6 heteroatoms. The number of hydrogen-bond donors (Lipinski definition) is 1. The molecule has 1 aromatic heterocycles. The highest BCUT2D eigenvalue weighted by Crippen LogP contribution is 2.29. The van der Waals surface area contributed by atoms with Crippen LogP contribution in [-0.2, 0) is 11.2 Å². The topological polar surface area (TPSA) is 60.5 Å². The number of hydrogen-bond acceptors (Lipinski definition) is 5. The summed E-state index contributed by atoms with van der Waals surface area (Å²) in [6.07, 6.45) is 0.200. The second-order valence-corrected chi connectivity index (χ2v) is 7.12. The average Bonchev–Trinajstić information content (AvgIpc) is 3.12. The molecule has 3 aromatic rings. The lowest BCUT2D eigenvalue weighted by Crippen LogP contribution is -2.14. The fraction of sp³-hybridized carbons (Fsp3) is 0.238. The summed E-state index contributed by atoms with van der Waals surface area (Å²) in [4.78, 5) is 17.0. The van der Waals surface area contributed by atoms with Crippen LogP contribution in [0.25, 0.3) is 11.3 Å². The Morgan fingerprint density at radius 2 is 1.93 bits per heavy atom. The second kappa shape index (κ2) is 8.22. The molecule has 1 amide bonds. The molecule has 3 rings (SSSR count). The van der Waals surface area contributed by atoms with Crippen LogP contribution < -0.4 is 14.8 Å². The van der Waals surface area contributed by atoms with Gasteiger partial charge in [-0.15, -0.1) is 11.3 Å². The van der Waals surface area contributed by atoms with Crippen molar-refractivity contribution >= 4 is 22.4 Å². The number of nitrogens with zero attached hydrogens (tertiary/aromatic N) is 1. The summed E-state index contributed by atoms with van der Waals surface area (Å²) in [6, 6.07) is 11.7. The lowest BCUT2D eigenvalue weighted by atomic mass is 10.0. The Morgan fingerprint density at radius 3 is 2.67 bits per heavy atom. The SMILES string of the molecule is COc1ccc(CC(=O)Nc2nc(-c3cc(C)ccc3C)cs2)c(OC)c1. The molecule has 0 spiro atoms. The van der Waals surface area contributed by atoms with Crippen LogP contribution in [0.15, 0.2) is 41.8 Å². The Labute approximate surface area is 163 Å². The van der Waals surface area contributed by atoms with Crippen LogP contribution in [-0.4, -0.2) is 25.1 Å². The van der Waals surface area contributed by atoms with E-state index in [4.69, 9.17) is 9.47 Å². The Hall–Kier alpha value is -2.86. The molecule has 1 N–H and O–H groups in total. The first-order valence-corrected chi connectivity index (χ1v) is 9.42. The largest absolute Gasteiger partial charge is 0.497 e. The van der Waals surface area contributed by atoms with Gasteiger partial charge in [0.2, 0.25) is 5.91 Å². The van der Waals surface area contributed by atoms with E-state index in [2.05, 4.69) is 42.3 Å². The predicted octanol–water partition coefficient (Wildman–Crippen LogP) is 4.63. The van der Waals surface area contributed by atoms with E-state index >= 15 is 0 Å². The molecule has 0 saturated carbocycles. The molecule has 27 heavy (non-hydrogen) atoms. The number of benzene rings is 2. The number of nitrogens with one attached hydrogen (secondary N) is 1. The maximum Gasteiger partial charge on any atom is 0.230 e. The summed E-state index contributed by atoms with van der Waals surface area (Å²) in [5.41, 5.74) is 5.09. The highest BCUT2D eigenvalue weighted by atomic mass is 32.1. The number of anilines is 1. The minimum absolute atomic E-state index is 0.139. The lowest BCUT2D eigenvalue weighted by Gasteiger charge is -2.10. The molecule has 0 bridgehead atoms. The number of rotatable bonds is 6. The number of carbonyl (C=O) groups excluding carboxylic acids is 1. The van der Waals surface area contributed by atoms with Crippen molar-refractivity contribution < 1.29 is 14.3 Å². The summed E-state index contributed by atoms with van der Waals surface area (Å²) >= 11 is 1.42. The van der Waals surface area contributed by atoms with Crippen molar-refractivity contribution in [2.75, 3.05) is 19.5 Å². The van der Waals surface area contributed by atoms with Crippen molar-refractivity contribution in [1.29, 1.82) is 0 Å². The summed E-state index contributed by atoms with van der Waals surface area (Å²) in [5, 5.41) is 5.43. The van der Waals surface area contributed by atoms with Crippen molar-refractivity contribution in [3.63, 3.8) is 0 Å². The minimum atomic E-state index is -0.139. The molecule has 0 unspecified atom stereocenters. The first-order chi connectivity index (χ1) is 13.0. The van der Waals surface area contributed by atoms with Gasteiger partial charge in [0.25, 0.3) is 0 Å². The van der Waals surface area contributed by atoms with Crippen LogP contribution in [0.5, 0.6) is 11.5 Å². The molecule has 2 aromatic carbocycles. The third kappa shape index (κ3) is 4.46. The standard InChI is InChI=1S/C21H22N2O3S/c1-13-5-6-14(2)17(9-13)18-12-27-21(22-18)23-20(24)10-15-7-8-16(25-3)11-19(15)26-4/h5-9,11-12H,10H2,1-4H3,(H,22,23,24). The summed E-state index contributed by atoms with van der Waals surface area (Å²) in [6.45, 7) is 4.11. The van der Waals surface area contributed by atoms with E-state index < -0.39 is 0 Å². The first kappa shape index (κ1) is 18.9. The molecule has 140 valence electrons. The lowest BCUT2D eigenvalue weighted by molar-refractivity contribution is -0.115. The van der Waals surface area contributed by atoms with Crippen LogP contribution in [0.3, 0.4) is 0 Å². The maximum atomic E-state index is 12.4. The molecule has 0 aliphatic heterocycles. The molecule has 5 nitrogen and oxygen atoms in total. The van der Waals surface area contributed by atoms with Crippen molar-refractivity contribution in [1.82, 2.24) is 4.98 Å². The third-order valence-electron chi connectivity index (χ3n) is 4.26. The van der Waals surface area contributed by atoms with Gasteiger partial charge < -0.3 is 14.8 Å². The number of ether oxygens (including phenoxy) is 2. The van der Waals surface area contributed by atoms with E-state index in [0.717, 1.165) is 22.4 Å². The summed E-state index contributed by atoms with van der Waals surface area (Å²) in [5.74, 6) is 1.18. The van der Waals surface area contributed by atoms with Gasteiger partial charge in [-0.05, 0) is 31.5 Å². The van der Waals surface area contributed by atoms with Crippen molar-refractivity contribution in [3.8, 4) is 22.8 Å². The minimum Gasteiger partial charge on any atom is -0.497 e. The van der Waals surface area contributed by atoms with Gasteiger partial charge in [-0.3, -0.25) is 4.79 Å². The Morgan fingerprint density at radius 1 is 1.11 bits per heavy atom. The number of amides is 1. The van der Waals surface area contributed by atoms with Crippen LogP contribution >= 0.6 is 11.3 Å². The van der Waals surface area contributed by atoms with Gasteiger partial charge in [-0.25, -0.2) is 4.98 Å². The van der Waals surface area contributed by atoms with Crippen LogP contribution in [0, 0.1) is 13.8 Å². The zero-order valence-electron chi connectivity index (χ0n) is 15.8. The molecule has 0 atom stereocenters. The smallest absolute Gasteiger partial charge is 0.230 e. The Kier molecular flexibility index (Phi) is 5.76. The summed E-state index contributed by atoms with van der Waals surface area (Å²) < 4.78 is 10.5. The highest BCUT2D eigenvalue weighted by Gasteiger charge is 2.13. The van der Waals surface area contributed by atoms with Gasteiger partial charge in [0.05, 0.1) is 26.3 Å². The quantitative estimate of drug-likeness (QED) is 0.675. The van der Waals surface area contributed by atoms with Gasteiger partial charge in [0.15, 0.2) is 5.13 Å². The van der Waals surface area contributed by atoms with E-state index in [1.807, 2.05) is 17.5 Å². The average molecular weight is 382 g/mol. The first-order valence-electron chi connectivity index (χ1n) is 8.54. The van der Waals surface area contributed by atoms with Gasteiger partial charge in [0, 0.05) is 22.6 Å². The van der Waals surface area contributed by atoms with E-state index in [9.17, 15) is 4.79 Å². The molecule has 0 aliphatic carbocycles. The summed E-state index contributed by atoms with van der Waals surface area (Å²) in [7, 11) is 3.17.